The third kappa shape index (κ3) is 24.9. The van der Waals surface area contributed by atoms with E-state index in [0.717, 1.165) is 26.1 Å². The molecular weight excluding hydrogens is 574 g/mol. The van der Waals surface area contributed by atoms with Crippen LogP contribution in [0.1, 0.15) is 61.3 Å². The van der Waals surface area contributed by atoms with Crippen LogP contribution in [-0.2, 0) is 14.3 Å². The summed E-state index contributed by atoms with van der Waals surface area (Å²) in [4.78, 5) is 47.8. The second kappa shape index (κ2) is 28.8. The van der Waals surface area contributed by atoms with Crippen molar-refractivity contribution in [1.29, 1.82) is 0 Å². The molecule has 0 aromatic heterocycles. The van der Waals surface area contributed by atoms with Crippen molar-refractivity contribution in [2.75, 3.05) is 60.5 Å². The Morgan fingerprint density at radius 2 is 1.30 bits per heavy atom. The third-order valence-electron chi connectivity index (χ3n) is 5.54. The average Bonchev–Trinajstić information content (AvgIpc) is 2.98. The molecule has 0 unspecified atom stereocenters. The normalized spacial score (nSPS) is 9.58. The van der Waals surface area contributed by atoms with Crippen molar-refractivity contribution >= 4 is 34.6 Å². The first kappa shape index (κ1) is 44.1. The summed E-state index contributed by atoms with van der Waals surface area (Å²) in [5.74, 6) is -0.606. The summed E-state index contributed by atoms with van der Waals surface area (Å²) in [6, 6.07) is 17.8. The summed E-state index contributed by atoms with van der Waals surface area (Å²) in [6.45, 7) is 4.42. The first-order valence-electron chi connectivity index (χ1n) is 13.3. The first-order chi connectivity index (χ1) is 19.6. The predicted molar refractivity (Wildman–Crippen MR) is 173 cm³/mol. The van der Waals surface area contributed by atoms with E-state index in [1.54, 1.807) is 41.9 Å². The highest BCUT2D eigenvalue weighted by molar-refractivity contribution is 6.67. The smallest absolute Gasteiger partial charge is 0.305 e. The van der Waals surface area contributed by atoms with E-state index in [1.807, 2.05) is 43.3 Å². The van der Waals surface area contributed by atoms with Gasteiger partial charge in [-0.1, -0.05) is 63.4 Å². The Bertz CT molecular complexity index is 999. The fourth-order valence-corrected chi connectivity index (χ4v) is 3.35. The van der Waals surface area contributed by atoms with Crippen molar-refractivity contribution in [3.05, 3.63) is 71.8 Å². The summed E-state index contributed by atoms with van der Waals surface area (Å²) in [7, 11) is 5.32. The fourth-order valence-electron chi connectivity index (χ4n) is 3.23. The maximum Gasteiger partial charge on any atom is 0.305 e. The number of likely N-dealkylation sites (N-methyl/N-ethyl adjacent to an activating group) is 2. The van der Waals surface area contributed by atoms with Crippen LogP contribution in [0.15, 0.2) is 60.7 Å². The van der Waals surface area contributed by atoms with Crippen molar-refractivity contribution in [3.8, 4) is 0 Å². The number of carbonyl (C=O) groups excluding carboxylic acids is 4. The Kier molecular flexibility index (Phi) is 29.5. The van der Waals surface area contributed by atoms with Gasteiger partial charge in [-0.3, -0.25) is 24.4 Å². The molecule has 0 atom stereocenters. The monoisotopic (exact) mass is 625 g/mol. The van der Waals surface area contributed by atoms with E-state index >= 15 is 0 Å². The molecule has 12 heteroatoms. The van der Waals surface area contributed by atoms with E-state index in [9.17, 15) is 19.2 Å². The molecule has 0 aliphatic heterocycles. The summed E-state index contributed by atoms with van der Waals surface area (Å²) in [5.41, 5.74) is 8.14. The Balaban J connectivity index is -0.000000596. The van der Waals surface area contributed by atoms with Gasteiger partial charge in [0, 0.05) is 50.1 Å². The molecule has 2 aromatic rings. The molecule has 0 spiro atoms. The van der Waals surface area contributed by atoms with Crippen LogP contribution in [0.3, 0.4) is 0 Å². The van der Waals surface area contributed by atoms with Gasteiger partial charge in [0.2, 0.25) is 5.91 Å². The molecule has 2 rings (SSSR count). The second-order valence-electron chi connectivity index (χ2n) is 8.98. The zero-order valence-corrected chi connectivity index (χ0v) is 24.9. The van der Waals surface area contributed by atoms with Gasteiger partial charge in [-0.15, -0.1) is 0 Å². The lowest BCUT2D eigenvalue weighted by atomic mass is 10.2. The van der Waals surface area contributed by atoms with Crippen molar-refractivity contribution < 1.29 is 29.1 Å². The zero-order valence-electron chi connectivity index (χ0n) is 24.2. The number of hydrogen-bond donors (Lipinski definition) is 4. The van der Waals surface area contributed by atoms with E-state index in [0.29, 0.717) is 43.6 Å². The standard InChI is InChI=1S/C14H21N3O3.C8H18N2O2.C7H5ClO.2CH4/c1-17(10-5-8-13(18)16-20)11-9-15-14(19)12-6-3-2-4-7-12;1-10(7-5-9)6-3-4-8(11)12-2;8-7(9)6-4-2-1-3-5-6;;/h2-4,6-7,20H,5,8-11H2,1H3,(H,15,19)(H,16,18);3-7,9H2,1-2H3;1-5H;2*1H4. The lowest BCUT2D eigenvalue weighted by Crippen LogP contribution is -2.33. The Morgan fingerprint density at radius 1 is 0.814 bits per heavy atom. The first-order valence-corrected chi connectivity index (χ1v) is 13.7. The molecule has 2 aromatic carbocycles. The number of amides is 2. The van der Waals surface area contributed by atoms with Crippen LogP contribution in [0.4, 0.5) is 0 Å². The van der Waals surface area contributed by atoms with E-state index in [-0.39, 0.29) is 39.1 Å². The molecule has 11 nitrogen and oxygen atoms in total. The average molecular weight is 626 g/mol. The molecule has 0 heterocycles. The summed E-state index contributed by atoms with van der Waals surface area (Å²) in [5, 5.41) is 10.8. The number of carbonyl (C=O) groups is 4. The SMILES string of the molecule is C.C.CN(CCCC(=O)NO)CCNC(=O)c1ccccc1.COC(=O)CCCN(C)CCN.O=C(Cl)c1ccccc1. The van der Waals surface area contributed by atoms with Gasteiger partial charge in [-0.05, 0) is 63.8 Å². The molecule has 0 saturated heterocycles. The van der Waals surface area contributed by atoms with E-state index < -0.39 is 5.24 Å². The molecular formula is C31H52ClN5O6. The van der Waals surface area contributed by atoms with Crippen LogP contribution in [0.25, 0.3) is 0 Å². The van der Waals surface area contributed by atoms with Crippen molar-refractivity contribution in [1.82, 2.24) is 20.6 Å². The van der Waals surface area contributed by atoms with Crippen LogP contribution in [0.5, 0.6) is 0 Å². The van der Waals surface area contributed by atoms with Crippen molar-refractivity contribution in [3.63, 3.8) is 0 Å². The van der Waals surface area contributed by atoms with Crippen LogP contribution in [0.2, 0.25) is 0 Å². The highest BCUT2D eigenvalue weighted by Crippen LogP contribution is 2.01. The molecule has 2 amide bonds. The van der Waals surface area contributed by atoms with Crippen LogP contribution in [0, 0.1) is 0 Å². The molecule has 0 aliphatic carbocycles. The second-order valence-corrected chi connectivity index (χ2v) is 9.32. The van der Waals surface area contributed by atoms with E-state index in [2.05, 4.69) is 15.0 Å². The van der Waals surface area contributed by atoms with E-state index in [4.69, 9.17) is 22.5 Å². The minimum absolute atomic E-state index is 0. The van der Waals surface area contributed by atoms with Gasteiger partial charge in [-0.2, -0.15) is 0 Å². The van der Waals surface area contributed by atoms with Gasteiger partial charge in [0.25, 0.3) is 11.1 Å². The minimum atomic E-state index is -0.407. The maximum atomic E-state index is 11.8. The van der Waals surface area contributed by atoms with Crippen LogP contribution >= 0.6 is 11.6 Å². The topological polar surface area (TPSA) is 154 Å². The molecule has 244 valence electrons. The van der Waals surface area contributed by atoms with Crippen LogP contribution in [-0.4, -0.2) is 98.5 Å². The van der Waals surface area contributed by atoms with E-state index in [1.165, 1.54) is 7.11 Å². The Hall–Kier alpha value is -3.35. The van der Waals surface area contributed by atoms with Gasteiger partial charge in [0.05, 0.1) is 7.11 Å². The summed E-state index contributed by atoms with van der Waals surface area (Å²) >= 11 is 5.16. The number of nitrogens with one attached hydrogen (secondary N) is 2. The number of nitrogens with zero attached hydrogens (tertiary/aromatic N) is 2. The number of ether oxygens (including phenoxy) is 1. The van der Waals surface area contributed by atoms with Gasteiger partial charge >= 0.3 is 5.97 Å². The number of hydrogen-bond acceptors (Lipinski definition) is 9. The van der Waals surface area contributed by atoms with Crippen molar-refractivity contribution in [2.45, 2.75) is 40.5 Å². The highest BCUT2D eigenvalue weighted by Gasteiger charge is 2.05. The molecule has 0 saturated carbocycles. The predicted octanol–water partition coefficient (Wildman–Crippen LogP) is 3.80. The highest BCUT2D eigenvalue weighted by atomic mass is 35.5. The lowest BCUT2D eigenvalue weighted by molar-refractivity contribution is -0.140. The number of nitrogens with two attached hydrogens (primary N) is 1. The molecule has 0 radical (unpaired) electrons. The third-order valence-corrected chi connectivity index (χ3v) is 5.76. The number of rotatable bonds is 15. The number of methoxy groups -OCH3 is 1. The summed E-state index contributed by atoms with van der Waals surface area (Å²) < 4.78 is 4.51. The lowest BCUT2D eigenvalue weighted by Gasteiger charge is -2.16. The number of benzene rings is 2. The molecule has 0 bridgehead atoms. The molecule has 5 N–H and O–H groups in total. The van der Waals surface area contributed by atoms with Gasteiger partial charge in [-0.25, -0.2) is 5.48 Å². The van der Waals surface area contributed by atoms with Crippen molar-refractivity contribution in [2.24, 2.45) is 5.73 Å². The molecule has 43 heavy (non-hydrogen) atoms. The zero-order chi connectivity index (χ0) is 30.9. The number of hydroxylamine groups is 1. The quantitative estimate of drug-likeness (QED) is 0.100. The van der Waals surface area contributed by atoms with Gasteiger partial charge < -0.3 is 25.6 Å². The number of halogens is 1. The molecule has 0 fully saturated rings. The van der Waals surface area contributed by atoms with Gasteiger partial charge in [0.15, 0.2) is 0 Å². The minimum Gasteiger partial charge on any atom is -0.469 e. The molecule has 0 aliphatic rings. The Labute approximate surface area is 262 Å². The van der Waals surface area contributed by atoms with Crippen LogP contribution < -0.4 is 16.5 Å². The van der Waals surface area contributed by atoms with Gasteiger partial charge in [0.1, 0.15) is 0 Å². The summed E-state index contributed by atoms with van der Waals surface area (Å²) in [6.07, 6.45) is 2.28. The number of esters is 1. The largest absolute Gasteiger partial charge is 0.469 e. The fraction of sp³-hybridized carbons (Fsp3) is 0.484. The Morgan fingerprint density at radius 3 is 1.74 bits per heavy atom. The maximum absolute atomic E-state index is 11.8.